The quantitative estimate of drug-likeness (QED) is 0.319. The Morgan fingerprint density at radius 3 is 2.68 bits per heavy atom. The van der Waals surface area contributed by atoms with Crippen molar-refractivity contribution < 1.29 is 9.59 Å². The van der Waals surface area contributed by atoms with E-state index in [1.807, 2.05) is 23.1 Å². The zero-order valence-corrected chi connectivity index (χ0v) is 17.9. The highest BCUT2D eigenvalue weighted by Gasteiger charge is 2.29. The van der Waals surface area contributed by atoms with Gasteiger partial charge in [0.05, 0.1) is 5.56 Å². The second-order valence-electron chi connectivity index (χ2n) is 7.52. The second-order valence-corrected chi connectivity index (χ2v) is 7.52. The van der Waals surface area contributed by atoms with E-state index in [1.54, 1.807) is 25.4 Å². The number of aromatic nitrogens is 1. The van der Waals surface area contributed by atoms with Gasteiger partial charge in [-0.05, 0) is 24.1 Å². The van der Waals surface area contributed by atoms with Crippen LogP contribution in [0, 0.1) is 5.92 Å². The number of rotatable bonds is 9. The summed E-state index contributed by atoms with van der Waals surface area (Å²) in [5, 5.41) is 9.30. The Bertz CT molecular complexity index is 872. The van der Waals surface area contributed by atoms with Gasteiger partial charge < -0.3 is 20.9 Å². The molecule has 0 radical (unpaired) electrons. The summed E-state index contributed by atoms with van der Waals surface area (Å²) in [5.41, 5.74) is 1.78. The number of carbonyl (C=O) groups excluding carboxylic acids is 2. The van der Waals surface area contributed by atoms with E-state index in [-0.39, 0.29) is 17.7 Å². The van der Waals surface area contributed by atoms with Crippen molar-refractivity contribution in [3.63, 3.8) is 0 Å². The van der Waals surface area contributed by atoms with Gasteiger partial charge in [-0.25, -0.2) is 0 Å². The summed E-state index contributed by atoms with van der Waals surface area (Å²) in [5.74, 6) is 0.972. The minimum absolute atomic E-state index is 0.155. The molecule has 2 amide bonds. The van der Waals surface area contributed by atoms with E-state index >= 15 is 0 Å². The summed E-state index contributed by atoms with van der Waals surface area (Å²) in [6.45, 7) is 3.19. The van der Waals surface area contributed by atoms with Crippen LogP contribution >= 0.6 is 0 Å². The van der Waals surface area contributed by atoms with E-state index in [4.69, 9.17) is 0 Å². The first-order chi connectivity index (χ1) is 15.2. The molecule has 31 heavy (non-hydrogen) atoms. The molecule has 0 aliphatic carbocycles. The Morgan fingerprint density at radius 2 is 1.94 bits per heavy atom. The third kappa shape index (κ3) is 7.09. The standard InChI is InChI=1S/C23H30N6O2/c1-24-23(27-12-11-26-22(31)20-8-5-10-25-16-20)28-15-19-14-21(30)29(17-19)13-9-18-6-3-2-4-7-18/h2-8,10,16,19H,9,11-15,17H2,1H3,(H,26,31)(H2,24,27,28). The van der Waals surface area contributed by atoms with Crippen molar-refractivity contribution >= 4 is 17.8 Å². The third-order valence-electron chi connectivity index (χ3n) is 5.22. The first kappa shape index (κ1) is 22.3. The Hall–Kier alpha value is -3.42. The highest BCUT2D eigenvalue weighted by Crippen LogP contribution is 2.17. The van der Waals surface area contributed by atoms with E-state index in [1.165, 1.54) is 11.8 Å². The van der Waals surface area contributed by atoms with Crippen LogP contribution in [0.1, 0.15) is 22.3 Å². The Balaban J connectivity index is 1.33. The molecule has 3 rings (SSSR count). The number of pyridine rings is 1. The van der Waals surface area contributed by atoms with Crippen molar-refractivity contribution in [3.8, 4) is 0 Å². The summed E-state index contributed by atoms with van der Waals surface area (Å²) in [6.07, 6.45) is 4.60. The topological polar surface area (TPSA) is 98.7 Å². The van der Waals surface area contributed by atoms with Crippen LogP contribution in [0.5, 0.6) is 0 Å². The predicted octanol–water partition coefficient (Wildman–Crippen LogP) is 1.07. The van der Waals surface area contributed by atoms with Gasteiger partial charge >= 0.3 is 0 Å². The van der Waals surface area contributed by atoms with Crippen LogP contribution in [0.2, 0.25) is 0 Å². The minimum Gasteiger partial charge on any atom is -0.356 e. The van der Waals surface area contributed by atoms with Crippen LogP contribution in [0.15, 0.2) is 59.9 Å². The molecule has 1 aromatic heterocycles. The Kier molecular flexibility index (Phi) is 8.39. The molecular weight excluding hydrogens is 392 g/mol. The first-order valence-corrected chi connectivity index (χ1v) is 10.6. The number of guanidine groups is 1. The van der Waals surface area contributed by atoms with Gasteiger partial charge in [0.25, 0.3) is 5.91 Å². The van der Waals surface area contributed by atoms with Crippen molar-refractivity contribution in [1.82, 2.24) is 25.8 Å². The lowest BCUT2D eigenvalue weighted by Crippen LogP contribution is -2.43. The minimum atomic E-state index is -0.155. The van der Waals surface area contributed by atoms with Crippen LogP contribution in [0.3, 0.4) is 0 Å². The van der Waals surface area contributed by atoms with Crippen molar-refractivity contribution in [2.75, 3.05) is 39.8 Å². The van der Waals surface area contributed by atoms with Gasteiger partial charge in [-0.1, -0.05) is 30.3 Å². The van der Waals surface area contributed by atoms with Gasteiger partial charge in [0.1, 0.15) is 0 Å². The van der Waals surface area contributed by atoms with Crippen molar-refractivity contribution in [1.29, 1.82) is 0 Å². The fraction of sp³-hybridized carbons (Fsp3) is 0.391. The van der Waals surface area contributed by atoms with Crippen LogP contribution in [0.4, 0.5) is 0 Å². The number of hydrogen-bond donors (Lipinski definition) is 3. The number of nitrogens with zero attached hydrogens (tertiary/aromatic N) is 3. The largest absolute Gasteiger partial charge is 0.356 e. The molecule has 1 unspecified atom stereocenters. The molecule has 164 valence electrons. The Labute approximate surface area is 183 Å². The van der Waals surface area contributed by atoms with Crippen LogP contribution in [0.25, 0.3) is 0 Å². The average molecular weight is 423 g/mol. The Morgan fingerprint density at radius 1 is 1.13 bits per heavy atom. The molecule has 1 aliphatic heterocycles. The molecule has 3 N–H and O–H groups in total. The molecule has 8 nitrogen and oxygen atoms in total. The number of carbonyl (C=O) groups is 2. The molecule has 0 spiro atoms. The zero-order valence-electron chi connectivity index (χ0n) is 17.9. The molecular formula is C23H30N6O2. The zero-order chi connectivity index (χ0) is 21.9. The summed E-state index contributed by atoms with van der Waals surface area (Å²) in [4.78, 5) is 34.4. The maximum atomic E-state index is 12.3. The number of benzene rings is 1. The number of nitrogens with one attached hydrogen (secondary N) is 3. The number of amides is 2. The second kappa shape index (κ2) is 11.7. The smallest absolute Gasteiger partial charge is 0.252 e. The first-order valence-electron chi connectivity index (χ1n) is 10.6. The molecule has 8 heteroatoms. The third-order valence-corrected chi connectivity index (χ3v) is 5.22. The molecule has 0 saturated carbocycles. The van der Waals surface area contributed by atoms with E-state index in [2.05, 4.69) is 38.1 Å². The number of aliphatic imine (C=N–C) groups is 1. The van der Waals surface area contributed by atoms with Gasteiger partial charge in [0.2, 0.25) is 5.91 Å². The highest BCUT2D eigenvalue weighted by molar-refractivity contribution is 5.93. The molecule has 1 aliphatic rings. The van der Waals surface area contributed by atoms with Gasteiger partial charge in [0, 0.05) is 64.5 Å². The molecule has 1 fully saturated rings. The van der Waals surface area contributed by atoms with Crippen molar-refractivity contribution in [2.24, 2.45) is 10.9 Å². The van der Waals surface area contributed by atoms with Crippen molar-refractivity contribution in [3.05, 3.63) is 66.0 Å². The maximum Gasteiger partial charge on any atom is 0.252 e. The number of hydrogen-bond acceptors (Lipinski definition) is 4. The van der Waals surface area contributed by atoms with Crippen LogP contribution < -0.4 is 16.0 Å². The van der Waals surface area contributed by atoms with Gasteiger partial charge in [-0.2, -0.15) is 0 Å². The SMILES string of the molecule is CN=C(NCCNC(=O)c1cccnc1)NCC1CC(=O)N(CCc2ccccc2)C1. The summed E-state index contributed by atoms with van der Waals surface area (Å²) in [6, 6.07) is 13.7. The molecule has 1 atom stereocenters. The molecule has 2 aromatic rings. The average Bonchev–Trinajstić information content (AvgIpc) is 3.17. The monoisotopic (exact) mass is 422 g/mol. The lowest BCUT2D eigenvalue weighted by molar-refractivity contribution is -0.127. The lowest BCUT2D eigenvalue weighted by atomic mass is 10.1. The van der Waals surface area contributed by atoms with Gasteiger partial charge in [-0.15, -0.1) is 0 Å². The van der Waals surface area contributed by atoms with E-state index in [0.29, 0.717) is 37.6 Å². The van der Waals surface area contributed by atoms with Crippen LogP contribution in [-0.4, -0.2) is 67.4 Å². The molecule has 2 heterocycles. The fourth-order valence-corrected chi connectivity index (χ4v) is 3.53. The summed E-state index contributed by atoms with van der Waals surface area (Å²) >= 11 is 0. The van der Waals surface area contributed by atoms with Crippen molar-refractivity contribution in [2.45, 2.75) is 12.8 Å². The van der Waals surface area contributed by atoms with Gasteiger partial charge in [0.15, 0.2) is 5.96 Å². The predicted molar refractivity (Wildman–Crippen MR) is 121 cm³/mol. The normalized spacial score (nSPS) is 16.3. The van der Waals surface area contributed by atoms with E-state index in [9.17, 15) is 9.59 Å². The number of likely N-dealkylation sites (tertiary alicyclic amines) is 1. The summed E-state index contributed by atoms with van der Waals surface area (Å²) < 4.78 is 0. The summed E-state index contributed by atoms with van der Waals surface area (Å²) in [7, 11) is 1.70. The maximum absolute atomic E-state index is 12.3. The molecule has 1 saturated heterocycles. The van der Waals surface area contributed by atoms with E-state index in [0.717, 1.165) is 19.5 Å². The molecule has 1 aromatic carbocycles. The van der Waals surface area contributed by atoms with Crippen LogP contribution in [-0.2, 0) is 11.2 Å². The highest BCUT2D eigenvalue weighted by atomic mass is 16.2. The fourth-order valence-electron chi connectivity index (χ4n) is 3.53. The lowest BCUT2D eigenvalue weighted by Gasteiger charge is -2.18. The van der Waals surface area contributed by atoms with Gasteiger partial charge in [-0.3, -0.25) is 19.6 Å². The van der Waals surface area contributed by atoms with E-state index < -0.39 is 0 Å². The molecule has 0 bridgehead atoms.